The lowest BCUT2D eigenvalue weighted by molar-refractivity contribution is 0.280. The van der Waals surface area contributed by atoms with Crippen LogP contribution in [0, 0.1) is 0 Å². The molecular weight excluding hydrogens is 201 g/mol. The summed E-state index contributed by atoms with van der Waals surface area (Å²) in [7, 11) is -0.978. The molecule has 0 aromatic heterocycles. The van der Waals surface area contributed by atoms with Crippen molar-refractivity contribution in [2.45, 2.75) is 37.5 Å². The molecule has 0 radical (unpaired) electrons. The molecule has 16 heavy (non-hydrogen) atoms. The molecule has 3 nitrogen and oxygen atoms in total. The van der Waals surface area contributed by atoms with Gasteiger partial charge >= 0.3 is 7.12 Å². The number of nitrogens with two attached hydrogens (primary N) is 1. The van der Waals surface area contributed by atoms with E-state index in [1.165, 1.54) is 36.8 Å². The van der Waals surface area contributed by atoms with Crippen molar-refractivity contribution in [1.82, 2.24) is 0 Å². The van der Waals surface area contributed by atoms with Gasteiger partial charge in [0.1, 0.15) is 0 Å². The fraction of sp³-hybridized carbons (Fsp3) is 0.500. The molecule has 3 rings (SSSR count). The maximum Gasteiger partial charge on any atom is 0.508 e. The molecule has 2 aliphatic carbocycles. The lowest BCUT2D eigenvalue weighted by Gasteiger charge is -2.12. The predicted molar refractivity (Wildman–Crippen MR) is 63.3 cm³/mol. The summed E-state index contributed by atoms with van der Waals surface area (Å²) < 4.78 is 4.57. The lowest BCUT2D eigenvalue weighted by Crippen LogP contribution is -2.38. The highest BCUT2D eigenvalue weighted by Gasteiger charge is 2.32. The normalized spacial score (nSPS) is 19.9. The van der Waals surface area contributed by atoms with Gasteiger partial charge in [0.2, 0.25) is 0 Å². The predicted octanol–water partition coefficient (Wildman–Crippen LogP) is 1.02. The second-order valence-electron chi connectivity index (χ2n) is 4.93. The first-order chi connectivity index (χ1) is 7.79. The van der Waals surface area contributed by atoms with Crippen LogP contribution in [0.5, 0.6) is 0 Å². The molecule has 0 unspecified atom stereocenters. The highest BCUT2D eigenvalue weighted by atomic mass is 16.6. The van der Waals surface area contributed by atoms with Crippen molar-refractivity contribution in [3.8, 4) is 0 Å². The molecule has 1 aromatic rings. The minimum Gasteiger partial charge on any atom is -0.422 e. The summed E-state index contributed by atoms with van der Waals surface area (Å²) in [6.07, 6.45) is 4.96. The molecule has 0 bridgehead atoms. The van der Waals surface area contributed by atoms with Gasteiger partial charge in [-0.15, -0.1) is 0 Å². The standard InChI is InChI=1S/C12H16BNO2/c14-16-13(15)12-7-10(8-1-2-8)5-6-11(12)9-3-4-9/h5-9,15H,1-4,14H2. The Bertz CT molecular complexity index is 402. The zero-order chi connectivity index (χ0) is 11.1. The van der Waals surface area contributed by atoms with E-state index >= 15 is 0 Å². The van der Waals surface area contributed by atoms with Crippen molar-refractivity contribution in [2.24, 2.45) is 5.90 Å². The van der Waals surface area contributed by atoms with Crippen LogP contribution >= 0.6 is 0 Å². The molecule has 2 saturated carbocycles. The first-order valence-corrected chi connectivity index (χ1v) is 5.97. The average molecular weight is 217 g/mol. The van der Waals surface area contributed by atoms with E-state index in [9.17, 15) is 5.02 Å². The van der Waals surface area contributed by atoms with E-state index in [0.717, 1.165) is 5.46 Å². The van der Waals surface area contributed by atoms with Crippen LogP contribution in [-0.4, -0.2) is 12.1 Å². The molecule has 3 N–H and O–H groups in total. The van der Waals surface area contributed by atoms with Crippen LogP contribution in [0.15, 0.2) is 18.2 Å². The minimum absolute atomic E-state index is 0.605. The van der Waals surface area contributed by atoms with Gasteiger partial charge in [0.05, 0.1) is 0 Å². The summed E-state index contributed by atoms with van der Waals surface area (Å²) in [6.45, 7) is 0. The summed E-state index contributed by atoms with van der Waals surface area (Å²) >= 11 is 0. The Morgan fingerprint density at radius 3 is 2.44 bits per heavy atom. The molecule has 84 valence electrons. The van der Waals surface area contributed by atoms with Gasteiger partial charge in [-0.25, -0.2) is 5.90 Å². The monoisotopic (exact) mass is 217 g/mol. The van der Waals surface area contributed by atoms with E-state index in [-0.39, 0.29) is 0 Å². The maximum absolute atomic E-state index is 9.77. The molecule has 4 heteroatoms. The first kappa shape index (κ1) is 10.3. The van der Waals surface area contributed by atoms with Gasteiger partial charge in [-0.05, 0) is 54.1 Å². The molecule has 0 heterocycles. The Kier molecular flexibility index (Phi) is 2.50. The molecule has 2 fully saturated rings. The number of benzene rings is 1. The number of hydrogen-bond donors (Lipinski definition) is 2. The number of hydrogen-bond acceptors (Lipinski definition) is 3. The summed E-state index contributed by atoms with van der Waals surface area (Å²) in [5.41, 5.74) is 3.40. The third-order valence-corrected chi connectivity index (χ3v) is 3.57. The van der Waals surface area contributed by atoms with Crippen LogP contribution in [-0.2, 0) is 4.76 Å². The Morgan fingerprint density at radius 2 is 1.88 bits per heavy atom. The highest BCUT2D eigenvalue weighted by Crippen LogP contribution is 2.42. The third kappa shape index (κ3) is 1.88. The topological polar surface area (TPSA) is 55.5 Å². The van der Waals surface area contributed by atoms with Crippen molar-refractivity contribution in [1.29, 1.82) is 0 Å². The fourth-order valence-electron chi connectivity index (χ4n) is 2.32. The molecule has 0 aliphatic heterocycles. The quantitative estimate of drug-likeness (QED) is 0.584. The van der Waals surface area contributed by atoms with Crippen LogP contribution < -0.4 is 11.4 Å². The molecule has 0 saturated heterocycles. The van der Waals surface area contributed by atoms with E-state index < -0.39 is 7.12 Å². The Morgan fingerprint density at radius 1 is 1.19 bits per heavy atom. The van der Waals surface area contributed by atoms with E-state index in [0.29, 0.717) is 11.8 Å². The van der Waals surface area contributed by atoms with E-state index in [1.807, 2.05) is 0 Å². The second kappa shape index (κ2) is 3.88. The molecule has 0 atom stereocenters. The summed E-state index contributed by atoms with van der Waals surface area (Å²) in [5, 5.41) is 9.77. The molecule has 1 aromatic carbocycles. The minimum atomic E-state index is -0.978. The summed E-state index contributed by atoms with van der Waals surface area (Å²) in [6, 6.07) is 6.41. The van der Waals surface area contributed by atoms with Crippen molar-refractivity contribution in [3.05, 3.63) is 29.3 Å². The molecule has 0 spiro atoms. The molecule has 0 amide bonds. The van der Waals surface area contributed by atoms with Gasteiger partial charge in [0.15, 0.2) is 0 Å². The number of rotatable bonds is 4. The zero-order valence-corrected chi connectivity index (χ0v) is 9.23. The Labute approximate surface area is 95.7 Å². The molecule has 2 aliphatic rings. The van der Waals surface area contributed by atoms with E-state index in [4.69, 9.17) is 5.90 Å². The highest BCUT2D eigenvalue weighted by molar-refractivity contribution is 6.60. The van der Waals surface area contributed by atoms with Gasteiger partial charge in [0.25, 0.3) is 0 Å². The third-order valence-electron chi connectivity index (χ3n) is 3.57. The van der Waals surface area contributed by atoms with Gasteiger partial charge in [-0.2, -0.15) is 0 Å². The Hall–Kier alpha value is -0.835. The zero-order valence-electron chi connectivity index (χ0n) is 9.23. The van der Waals surface area contributed by atoms with Crippen LogP contribution in [0.3, 0.4) is 0 Å². The first-order valence-electron chi connectivity index (χ1n) is 5.97. The van der Waals surface area contributed by atoms with Crippen LogP contribution in [0.4, 0.5) is 0 Å². The average Bonchev–Trinajstić information content (AvgIpc) is 3.20. The fourth-order valence-corrected chi connectivity index (χ4v) is 2.32. The van der Waals surface area contributed by atoms with Crippen LogP contribution in [0.2, 0.25) is 0 Å². The van der Waals surface area contributed by atoms with Gasteiger partial charge < -0.3 is 9.78 Å². The lowest BCUT2D eigenvalue weighted by atomic mass is 9.74. The van der Waals surface area contributed by atoms with Crippen molar-refractivity contribution in [2.75, 3.05) is 0 Å². The SMILES string of the molecule is NOB(O)c1cc(C2CC2)ccc1C1CC1. The van der Waals surface area contributed by atoms with Crippen LogP contribution in [0.1, 0.15) is 48.6 Å². The summed E-state index contributed by atoms with van der Waals surface area (Å²) in [5.74, 6) is 6.38. The van der Waals surface area contributed by atoms with E-state index in [1.54, 1.807) is 0 Å². The summed E-state index contributed by atoms with van der Waals surface area (Å²) in [4.78, 5) is 0. The van der Waals surface area contributed by atoms with E-state index in [2.05, 4.69) is 23.0 Å². The second-order valence-corrected chi connectivity index (χ2v) is 4.93. The van der Waals surface area contributed by atoms with Crippen molar-refractivity contribution < 1.29 is 9.78 Å². The van der Waals surface area contributed by atoms with Crippen molar-refractivity contribution >= 4 is 12.6 Å². The van der Waals surface area contributed by atoms with Crippen molar-refractivity contribution in [3.63, 3.8) is 0 Å². The molecular formula is C12H16BNO2. The largest absolute Gasteiger partial charge is 0.508 e. The van der Waals surface area contributed by atoms with Gasteiger partial charge in [0, 0.05) is 0 Å². The Balaban J connectivity index is 1.97. The van der Waals surface area contributed by atoms with Gasteiger partial charge in [-0.3, -0.25) is 0 Å². The smallest absolute Gasteiger partial charge is 0.422 e. The van der Waals surface area contributed by atoms with Gasteiger partial charge in [-0.1, -0.05) is 18.2 Å². The van der Waals surface area contributed by atoms with Crippen LogP contribution in [0.25, 0.3) is 0 Å². The maximum atomic E-state index is 9.77.